The van der Waals surface area contributed by atoms with Gasteiger partial charge in [-0.3, -0.25) is 9.59 Å². The van der Waals surface area contributed by atoms with Crippen molar-refractivity contribution in [3.63, 3.8) is 0 Å². The summed E-state index contributed by atoms with van der Waals surface area (Å²) in [5.74, 6) is -1.57. The monoisotopic (exact) mass is 440 g/mol. The lowest BCUT2D eigenvalue weighted by Gasteiger charge is -2.25. The number of methoxy groups -OCH3 is 2. The van der Waals surface area contributed by atoms with Crippen molar-refractivity contribution in [3.05, 3.63) is 59.7 Å². The van der Waals surface area contributed by atoms with Crippen molar-refractivity contribution in [1.82, 2.24) is 0 Å². The van der Waals surface area contributed by atoms with Crippen LogP contribution in [0.25, 0.3) is 0 Å². The molecule has 2 aromatic carbocycles. The van der Waals surface area contributed by atoms with Gasteiger partial charge in [0.1, 0.15) is 11.5 Å². The van der Waals surface area contributed by atoms with Crippen molar-refractivity contribution in [3.8, 4) is 11.5 Å². The largest absolute Gasteiger partial charge is 0.465 e. The third kappa shape index (κ3) is 5.72. The highest BCUT2D eigenvalue weighted by atomic mass is 16.5. The molecule has 0 spiro atoms. The SMILES string of the molecule is COC(=O)c1ccc(OC(=O)C2CCC(C(=O)Oc3ccc(C(=O)OC)cc3)CC2)cc1. The van der Waals surface area contributed by atoms with E-state index in [1.54, 1.807) is 24.3 Å². The molecule has 0 atom stereocenters. The number of benzene rings is 2. The molecule has 0 amide bonds. The highest BCUT2D eigenvalue weighted by molar-refractivity contribution is 5.90. The Morgan fingerprint density at radius 1 is 0.594 bits per heavy atom. The maximum absolute atomic E-state index is 12.5. The highest BCUT2D eigenvalue weighted by Gasteiger charge is 2.32. The summed E-state index contributed by atoms with van der Waals surface area (Å²) in [6, 6.07) is 12.3. The number of ether oxygens (including phenoxy) is 4. The summed E-state index contributed by atoms with van der Waals surface area (Å²) in [7, 11) is 2.59. The molecule has 1 fully saturated rings. The number of esters is 4. The van der Waals surface area contributed by atoms with Crippen LogP contribution in [0.15, 0.2) is 48.5 Å². The molecule has 1 aliphatic rings. The van der Waals surface area contributed by atoms with Crippen LogP contribution in [0.5, 0.6) is 11.5 Å². The number of hydrogen-bond donors (Lipinski definition) is 0. The smallest absolute Gasteiger partial charge is 0.337 e. The predicted molar refractivity (Wildman–Crippen MR) is 112 cm³/mol. The van der Waals surface area contributed by atoms with Gasteiger partial charge in [0.05, 0.1) is 37.2 Å². The normalized spacial score (nSPS) is 17.7. The first kappa shape index (κ1) is 23.0. The van der Waals surface area contributed by atoms with Crippen molar-refractivity contribution in [2.45, 2.75) is 25.7 Å². The predicted octanol–water partition coefficient (Wildman–Crippen LogP) is 3.58. The average molecular weight is 440 g/mol. The van der Waals surface area contributed by atoms with E-state index in [4.69, 9.17) is 9.47 Å². The van der Waals surface area contributed by atoms with Gasteiger partial charge in [-0.1, -0.05) is 0 Å². The molecule has 0 bridgehead atoms. The van der Waals surface area contributed by atoms with Gasteiger partial charge >= 0.3 is 23.9 Å². The summed E-state index contributed by atoms with van der Waals surface area (Å²) in [4.78, 5) is 47.8. The number of hydrogen-bond acceptors (Lipinski definition) is 8. The molecule has 0 N–H and O–H groups in total. The van der Waals surface area contributed by atoms with E-state index in [1.165, 1.54) is 38.5 Å². The molecule has 8 heteroatoms. The van der Waals surface area contributed by atoms with Gasteiger partial charge in [0.2, 0.25) is 0 Å². The zero-order valence-corrected chi connectivity index (χ0v) is 17.9. The Labute approximate surface area is 185 Å². The Balaban J connectivity index is 1.47. The molecule has 2 aromatic rings. The van der Waals surface area contributed by atoms with Gasteiger partial charge in [0, 0.05) is 0 Å². The lowest BCUT2D eigenvalue weighted by molar-refractivity contribution is -0.145. The molecule has 0 aromatic heterocycles. The minimum absolute atomic E-state index is 0.307. The van der Waals surface area contributed by atoms with Crippen molar-refractivity contribution in [2.75, 3.05) is 14.2 Å². The molecule has 0 heterocycles. The van der Waals surface area contributed by atoms with Crippen LogP contribution in [-0.4, -0.2) is 38.1 Å². The van der Waals surface area contributed by atoms with Crippen LogP contribution in [0.3, 0.4) is 0 Å². The summed E-state index contributed by atoms with van der Waals surface area (Å²) in [5.41, 5.74) is 0.734. The van der Waals surface area contributed by atoms with Crippen LogP contribution in [0.1, 0.15) is 46.4 Å². The van der Waals surface area contributed by atoms with Crippen molar-refractivity contribution in [2.24, 2.45) is 11.8 Å². The molecule has 32 heavy (non-hydrogen) atoms. The zero-order valence-electron chi connectivity index (χ0n) is 17.9. The van der Waals surface area contributed by atoms with Gasteiger partial charge in [-0.25, -0.2) is 9.59 Å². The fourth-order valence-electron chi connectivity index (χ4n) is 3.52. The molecule has 168 valence electrons. The van der Waals surface area contributed by atoms with E-state index >= 15 is 0 Å². The Hall–Kier alpha value is -3.68. The van der Waals surface area contributed by atoms with Gasteiger partial charge in [0.25, 0.3) is 0 Å². The maximum atomic E-state index is 12.5. The minimum atomic E-state index is -0.465. The Morgan fingerprint density at radius 3 is 1.19 bits per heavy atom. The number of rotatable bonds is 6. The first-order valence-corrected chi connectivity index (χ1v) is 10.2. The van der Waals surface area contributed by atoms with Crippen LogP contribution in [0.2, 0.25) is 0 Å². The Bertz CT molecular complexity index is 889. The highest BCUT2D eigenvalue weighted by Crippen LogP contribution is 2.31. The molecule has 0 unspecified atom stereocenters. The minimum Gasteiger partial charge on any atom is -0.465 e. The summed E-state index contributed by atoms with van der Waals surface area (Å²) in [6.45, 7) is 0. The fraction of sp³-hybridized carbons (Fsp3) is 0.333. The summed E-state index contributed by atoms with van der Waals surface area (Å²) in [5, 5.41) is 0. The number of carbonyl (C=O) groups excluding carboxylic acids is 4. The van der Waals surface area contributed by atoms with Crippen molar-refractivity contribution in [1.29, 1.82) is 0 Å². The zero-order chi connectivity index (χ0) is 23.1. The second-order valence-corrected chi connectivity index (χ2v) is 7.42. The first-order chi connectivity index (χ1) is 15.4. The van der Waals surface area contributed by atoms with Gasteiger partial charge < -0.3 is 18.9 Å². The van der Waals surface area contributed by atoms with Crippen LogP contribution < -0.4 is 9.47 Å². The topological polar surface area (TPSA) is 105 Å². The van der Waals surface area contributed by atoms with E-state index in [-0.39, 0.29) is 23.8 Å². The van der Waals surface area contributed by atoms with E-state index in [1.807, 2.05) is 0 Å². The average Bonchev–Trinajstić information content (AvgIpc) is 2.84. The standard InChI is InChI=1S/C24H24O8/c1-29-21(25)15-7-11-19(12-8-15)31-23(27)17-3-5-18(6-4-17)24(28)32-20-13-9-16(10-14-20)22(26)30-2/h7-14,17-18H,3-6H2,1-2H3. The van der Waals surface area contributed by atoms with E-state index < -0.39 is 11.9 Å². The van der Waals surface area contributed by atoms with Gasteiger partial charge in [-0.05, 0) is 74.2 Å². The van der Waals surface area contributed by atoms with Gasteiger partial charge in [-0.2, -0.15) is 0 Å². The van der Waals surface area contributed by atoms with Crippen molar-refractivity contribution >= 4 is 23.9 Å². The molecule has 1 saturated carbocycles. The summed E-state index contributed by atoms with van der Waals surface area (Å²) in [6.07, 6.45) is 2.06. The van der Waals surface area contributed by atoms with Crippen LogP contribution >= 0.6 is 0 Å². The third-order valence-corrected chi connectivity index (χ3v) is 5.38. The lowest BCUT2D eigenvalue weighted by atomic mass is 9.82. The molecule has 0 radical (unpaired) electrons. The fourth-order valence-corrected chi connectivity index (χ4v) is 3.52. The molecular formula is C24H24O8. The molecular weight excluding hydrogens is 416 g/mol. The van der Waals surface area contributed by atoms with Gasteiger partial charge in [0.15, 0.2) is 0 Å². The van der Waals surface area contributed by atoms with Crippen LogP contribution in [0, 0.1) is 11.8 Å². The Morgan fingerprint density at radius 2 is 0.906 bits per heavy atom. The van der Waals surface area contributed by atoms with Gasteiger partial charge in [-0.15, -0.1) is 0 Å². The van der Waals surface area contributed by atoms with E-state index in [0.717, 1.165) is 0 Å². The van der Waals surface area contributed by atoms with E-state index in [9.17, 15) is 19.2 Å². The molecule has 1 aliphatic carbocycles. The van der Waals surface area contributed by atoms with Crippen molar-refractivity contribution < 1.29 is 38.1 Å². The summed E-state index contributed by atoms with van der Waals surface area (Å²) >= 11 is 0. The van der Waals surface area contributed by atoms with Crippen LogP contribution in [-0.2, 0) is 19.1 Å². The molecule has 8 nitrogen and oxygen atoms in total. The first-order valence-electron chi connectivity index (χ1n) is 10.2. The maximum Gasteiger partial charge on any atom is 0.337 e. The second-order valence-electron chi connectivity index (χ2n) is 7.42. The van der Waals surface area contributed by atoms with E-state index in [0.29, 0.717) is 48.3 Å². The molecule has 0 saturated heterocycles. The quantitative estimate of drug-likeness (QED) is 0.496. The number of carbonyl (C=O) groups is 4. The molecule has 3 rings (SSSR count). The lowest BCUT2D eigenvalue weighted by Crippen LogP contribution is -2.30. The Kier molecular flexibility index (Phi) is 7.59. The molecule has 0 aliphatic heterocycles. The summed E-state index contributed by atoms with van der Waals surface area (Å²) < 4.78 is 20.1. The second kappa shape index (κ2) is 10.6. The van der Waals surface area contributed by atoms with E-state index in [2.05, 4.69) is 9.47 Å². The van der Waals surface area contributed by atoms with Crippen LogP contribution in [0.4, 0.5) is 0 Å². The third-order valence-electron chi connectivity index (χ3n) is 5.38.